The highest BCUT2D eigenvalue weighted by Crippen LogP contribution is 2.13. The number of hydrogen-bond donors (Lipinski definition) is 3. The lowest BCUT2D eigenvalue weighted by Crippen LogP contribution is -1.92. The number of imidazole rings is 1. The number of anilines is 1. The smallest absolute Gasteiger partial charge is 0.179 e. The standard InChI is InChI=1S/C5H5N7/c6-12-11-5-3-4(8-1-7-3)9-2-10-5/h1-2H,(H3,6,7,8,9,10,11). The van der Waals surface area contributed by atoms with Crippen LogP contribution in [0.15, 0.2) is 17.9 Å². The summed E-state index contributed by atoms with van der Waals surface area (Å²) >= 11 is 0. The summed E-state index contributed by atoms with van der Waals surface area (Å²) in [7, 11) is 0. The lowest BCUT2D eigenvalue weighted by molar-refractivity contribution is 1.03. The van der Waals surface area contributed by atoms with Gasteiger partial charge in [-0.2, -0.15) is 5.53 Å². The number of hydrogen-bond acceptors (Lipinski definition) is 5. The second-order valence-electron chi connectivity index (χ2n) is 2.05. The first-order valence-electron chi connectivity index (χ1n) is 3.18. The van der Waals surface area contributed by atoms with Crippen LogP contribution in [0.3, 0.4) is 0 Å². The summed E-state index contributed by atoms with van der Waals surface area (Å²) in [6.07, 6.45) is 2.88. The van der Waals surface area contributed by atoms with Gasteiger partial charge >= 0.3 is 0 Å². The van der Waals surface area contributed by atoms with Gasteiger partial charge < -0.3 is 4.98 Å². The first kappa shape index (κ1) is 6.65. The van der Waals surface area contributed by atoms with Crippen LogP contribution in [0.2, 0.25) is 0 Å². The summed E-state index contributed by atoms with van der Waals surface area (Å²) in [5.41, 5.74) is 10.2. The van der Waals surface area contributed by atoms with Gasteiger partial charge in [0.15, 0.2) is 17.0 Å². The van der Waals surface area contributed by atoms with E-state index in [0.717, 1.165) is 0 Å². The van der Waals surface area contributed by atoms with E-state index in [2.05, 4.69) is 30.6 Å². The van der Waals surface area contributed by atoms with Crippen molar-refractivity contribution < 1.29 is 0 Å². The first-order valence-corrected chi connectivity index (χ1v) is 3.18. The molecule has 0 amide bonds. The molecule has 0 saturated carbocycles. The minimum absolute atomic E-state index is 0.427. The molecule has 0 radical (unpaired) electrons. The Morgan fingerprint density at radius 2 is 2.33 bits per heavy atom. The van der Waals surface area contributed by atoms with Gasteiger partial charge in [0.1, 0.15) is 6.33 Å². The predicted octanol–water partition coefficient (Wildman–Crippen LogP) is 0.711. The Hall–Kier alpha value is -2.05. The molecule has 3 N–H and O–H groups in total. The van der Waals surface area contributed by atoms with Crippen molar-refractivity contribution in [3.63, 3.8) is 0 Å². The molecule has 12 heavy (non-hydrogen) atoms. The van der Waals surface area contributed by atoms with Crippen LogP contribution in [0, 0.1) is 5.53 Å². The van der Waals surface area contributed by atoms with Gasteiger partial charge in [-0.3, -0.25) is 0 Å². The average Bonchev–Trinajstić information content (AvgIpc) is 2.53. The number of aromatic amines is 1. The number of rotatable bonds is 2. The van der Waals surface area contributed by atoms with Gasteiger partial charge in [-0.25, -0.2) is 20.4 Å². The molecule has 0 bridgehead atoms. The predicted molar refractivity (Wildman–Crippen MR) is 40.5 cm³/mol. The van der Waals surface area contributed by atoms with Crippen molar-refractivity contribution in [2.45, 2.75) is 0 Å². The molecule has 2 heterocycles. The third-order valence-corrected chi connectivity index (χ3v) is 1.38. The van der Waals surface area contributed by atoms with Crippen molar-refractivity contribution in [3.05, 3.63) is 12.7 Å². The number of nitrogens with zero attached hydrogens (tertiary/aromatic N) is 4. The van der Waals surface area contributed by atoms with E-state index in [4.69, 9.17) is 5.53 Å². The molecule has 0 aliphatic heterocycles. The summed E-state index contributed by atoms with van der Waals surface area (Å²) in [6.45, 7) is 0. The zero-order valence-corrected chi connectivity index (χ0v) is 5.94. The molecule has 7 heteroatoms. The van der Waals surface area contributed by atoms with Gasteiger partial charge in [-0.05, 0) is 0 Å². The summed E-state index contributed by atoms with van der Waals surface area (Å²) in [5, 5.41) is 2.99. The van der Waals surface area contributed by atoms with Crippen molar-refractivity contribution in [2.24, 2.45) is 5.22 Å². The van der Waals surface area contributed by atoms with E-state index in [9.17, 15) is 0 Å². The quantitative estimate of drug-likeness (QED) is 0.448. The Kier molecular flexibility index (Phi) is 1.40. The van der Waals surface area contributed by atoms with Crippen molar-refractivity contribution in [1.29, 1.82) is 5.53 Å². The zero-order valence-electron chi connectivity index (χ0n) is 5.94. The lowest BCUT2D eigenvalue weighted by atomic mass is 10.5. The Morgan fingerprint density at radius 1 is 1.42 bits per heavy atom. The fourth-order valence-electron chi connectivity index (χ4n) is 0.899. The summed E-state index contributed by atoms with van der Waals surface area (Å²) in [6, 6.07) is 0. The number of nitrogens with one attached hydrogen (secondary N) is 3. The molecule has 0 aliphatic rings. The second kappa shape index (κ2) is 2.53. The number of aromatic nitrogens is 4. The molecular formula is C5H5N7. The number of H-pyrrole nitrogens is 1. The lowest BCUT2D eigenvalue weighted by Gasteiger charge is -1.95. The third-order valence-electron chi connectivity index (χ3n) is 1.38. The van der Waals surface area contributed by atoms with Gasteiger partial charge in [0.2, 0.25) is 0 Å². The highest BCUT2D eigenvalue weighted by Gasteiger charge is 2.03. The van der Waals surface area contributed by atoms with Gasteiger partial charge in [-0.15, -0.1) is 0 Å². The molecule has 0 spiro atoms. The largest absolute Gasteiger partial charge is 0.329 e. The Bertz CT molecular complexity index is 405. The monoisotopic (exact) mass is 163 g/mol. The zero-order chi connectivity index (χ0) is 8.39. The topological polar surface area (TPSA) is 103 Å². The molecule has 2 rings (SSSR count). The fourth-order valence-corrected chi connectivity index (χ4v) is 0.899. The van der Waals surface area contributed by atoms with Gasteiger partial charge in [0.25, 0.3) is 0 Å². The molecule has 60 valence electrons. The molecule has 7 nitrogen and oxygen atoms in total. The molecule has 0 fully saturated rings. The van der Waals surface area contributed by atoms with Crippen LogP contribution in [0.5, 0.6) is 0 Å². The Morgan fingerprint density at radius 3 is 3.17 bits per heavy atom. The maximum atomic E-state index is 6.58. The van der Waals surface area contributed by atoms with E-state index < -0.39 is 0 Å². The molecule has 2 aromatic heterocycles. The van der Waals surface area contributed by atoms with Crippen molar-refractivity contribution in [3.8, 4) is 0 Å². The van der Waals surface area contributed by atoms with Crippen LogP contribution in [-0.2, 0) is 0 Å². The van der Waals surface area contributed by atoms with Crippen LogP contribution in [-0.4, -0.2) is 19.9 Å². The minimum atomic E-state index is 0.427. The highest BCUT2D eigenvalue weighted by atomic mass is 15.4. The van der Waals surface area contributed by atoms with Crippen molar-refractivity contribution in [1.82, 2.24) is 19.9 Å². The van der Waals surface area contributed by atoms with Crippen LogP contribution >= 0.6 is 0 Å². The van der Waals surface area contributed by atoms with Gasteiger partial charge in [0.05, 0.1) is 6.33 Å². The molecule has 0 atom stereocenters. The van der Waals surface area contributed by atoms with Gasteiger partial charge in [-0.1, -0.05) is 5.22 Å². The Labute approximate surface area is 66.7 Å². The number of fused-ring (bicyclic) bond motifs is 1. The molecule has 0 unspecified atom stereocenters. The molecule has 2 aromatic rings. The van der Waals surface area contributed by atoms with Crippen LogP contribution in [0.4, 0.5) is 5.82 Å². The minimum Gasteiger partial charge on any atom is -0.329 e. The van der Waals surface area contributed by atoms with E-state index in [1.54, 1.807) is 0 Å². The molecule has 0 saturated heterocycles. The highest BCUT2D eigenvalue weighted by molar-refractivity contribution is 5.81. The van der Waals surface area contributed by atoms with E-state index in [0.29, 0.717) is 17.0 Å². The molecule has 0 aromatic carbocycles. The molecular weight excluding hydrogens is 158 g/mol. The summed E-state index contributed by atoms with van der Waals surface area (Å²) in [5.74, 6) is 0.427. The maximum Gasteiger partial charge on any atom is 0.179 e. The fraction of sp³-hybridized carbons (Fsp3) is 0. The first-order chi connectivity index (χ1) is 5.92. The summed E-state index contributed by atoms with van der Waals surface area (Å²) < 4.78 is 0. The SMILES string of the molecule is N=NNc1ncnc2[nH]cnc12. The third kappa shape index (κ3) is 0.875. The summed E-state index contributed by atoms with van der Waals surface area (Å²) in [4.78, 5) is 14.5. The van der Waals surface area contributed by atoms with E-state index in [1.807, 2.05) is 0 Å². The average molecular weight is 163 g/mol. The van der Waals surface area contributed by atoms with Crippen molar-refractivity contribution >= 4 is 17.0 Å². The van der Waals surface area contributed by atoms with Gasteiger partial charge in [0, 0.05) is 0 Å². The van der Waals surface area contributed by atoms with E-state index in [1.165, 1.54) is 12.7 Å². The van der Waals surface area contributed by atoms with Crippen LogP contribution in [0.25, 0.3) is 11.2 Å². The second-order valence-corrected chi connectivity index (χ2v) is 2.05. The van der Waals surface area contributed by atoms with Crippen LogP contribution < -0.4 is 5.43 Å². The van der Waals surface area contributed by atoms with E-state index >= 15 is 0 Å². The normalized spacial score (nSPS) is 10.0. The Balaban J connectivity index is 2.65. The maximum absolute atomic E-state index is 6.58. The van der Waals surface area contributed by atoms with E-state index in [-0.39, 0.29) is 0 Å². The van der Waals surface area contributed by atoms with Crippen LogP contribution in [0.1, 0.15) is 0 Å². The van der Waals surface area contributed by atoms with Crippen molar-refractivity contribution in [2.75, 3.05) is 5.43 Å². The molecule has 0 aliphatic carbocycles.